The van der Waals surface area contributed by atoms with E-state index in [1.807, 2.05) is 17.6 Å². The molecular formula is C20H20N4O3S. The van der Waals surface area contributed by atoms with Crippen LogP contribution in [0.4, 0.5) is 5.69 Å². The van der Waals surface area contributed by atoms with E-state index in [1.165, 1.54) is 18.7 Å². The van der Waals surface area contributed by atoms with Crippen molar-refractivity contribution < 1.29 is 14.0 Å². The first kappa shape index (κ1) is 19.6. The molecule has 8 heteroatoms. The van der Waals surface area contributed by atoms with E-state index >= 15 is 0 Å². The zero-order valence-electron chi connectivity index (χ0n) is 15.6. The van der Waals surface area contributed by atoms with E-state index in [2.05, 4.69) is 22.1 Å². The number of allylic oxidation sites excluding steroid dienone is 1. The van der Waals surface area contributed by atoms with Crippen molar-refractivity contribution in [1.29, 1.82) is 0 Å². The molecule has 1 aromatic carbocycles. The summed E-state index contributed by atoms with van der Waals surface area (Å²) in [5, 5.41) is 11.9. The zero-order chi connectivity index (χ0) is 20.1. The van der Waals surface area contributed by atoms with Crippen LogP contribution in [0.2, 0.25) is 0 Å². The normalized spacial score (nSPS) is 10.6. The Hall–Kier alpha value is -3.13. The molecule has 0 bridgehead atoms. The molecule has 28 heavy (non-hydrogen) atoms. The highest BCUT2D eigenvalue weighted by Gasteiger charge is 2.17. The number of thioether (sulfide) groups is 1. The fraction of sp³-hybridized carbons (Fsp3) is 0.200. The summed E-state index contributed by atoms with van der Waals surface area (Å²) < 4.78 is 7.24. The van der Waals surface area contributed by atoms with Gasteiger partial charge in [0.1, 0.15) is 5.76 Å². The Morgan fingerprint density at radius 2 is 2.14 bits per heavy atom. The number of hydrogen-bond donors (Lipinski definition) is 1. The third-order valence-electron chi connectivity index (χ3n) is 4.01. The van der Waals surface area contributed by atoms with E-state index < -0.39 is 0 Å². The predicted octanol–water partition coefficient (Wildman–Crippen LogP) is 3.97. The Labute approximate surface area is 166 Å². The molecule has 2 aromatic heterocycles. The Kier molecular flexibility index (Phi) is 6.10. The third-order valence-corrected chi connectivity index (χ3v) is 4.98. The summed E-state index contributed by atoms with van der Waals surface area (Å²) >= 11 is 1.28. The lowest BCUT2D eigenvalue weighted by atomic mass is 10.1. The fourth-order valence-electron chi connectivity index (χ4n) is 2.65. The molecule has 0 aliphatic heterocycles. The number of aryl methyl sites for hydroxylation is 1. The second-order valence-corrected chi connectivity index (χ2v) is 7.01. The Balaban J connectivity index is 1.70. The van der Waals surface area contributed by atoms with Crippen molar-refractivity contribution >= 4 is 29.1 Å². The van der Waals surface area contributed by atoms with Gasteiger partial charge < -0.3 is 9.73 Å². The smallest absolute Gasteiger partial charge is 0.234 e. The van der Waals surface area contributed by atoms with Crippen LogP contribution in [-0.2, 0) is 11.3 Å². The molecule has 0 spiro atoms. The van der Waals surface area contributed by atoms with E-state index in [1.54, 1.807) is 36.6 Å². The molecule has 2 heterocycles. The number of anilines is 1. The number of nitrogens with zero attached hydrogens (tertiary/aromatic N) is 3. The summed E-state index contributed by atoms with van der Waals surface area (Å²) in [6, 6.07) is 8.69. The molecule has 0 aliphatic rings. The minimum Gasteiger partial charge on any atom is -0.469 e. The number of nitrogens with one attached hydrogen (secondary N) is 1. The fourth-order valence-corrected chi connectivity index (χ4v) is 3.40. The Morgan fingerprint density at radius 3 is 2.82 bits per heavy atom. The highest BCUT2D eigenvalue weighted by Crippen LogP contribution is 2.27. The summed E-state index contributed by atoms with van der Waals surface area (Å²) in [7, 11) is 0. The lowest BCUT2D eigenvalue weighted by molar-refractivity contribution is -0.113. The molecule has 0 aliphatic carbocycles. The van der Waals surface area contributed by atoms with E-state index in [-0.39, 0.29) is 17.4 Å². The van der Waals surface area contributed by atoms with Crippen molar-refractivity contribution in [2.75, 3.05) is 11.1 Å². The van der Waals surface area contributed by atoms with Gasteiger partial charge in [0.15, 0.2) is 16.8 Å². The SMILES string of the molecule is C=CCn1c(SCC(=O)Nc2cccc(C(C)=O)c2)nnc1-c1ccoc1C. The van der Waals surface area contributed by atoms with Crippen molar-refractivity contribution in [3.63, 3.8) is 0 Å². The van der Waals surface area contributed by atoms with Crippen LogP contribution in [-0.4, -0.2) is 32.2 Å². The van der Waals surface area contributed by atoms with Gasteiger partial charge in [-0.15, -0.1) is 16.8 Å². The van der Waals surface area contributed by atoms with Gasteiger partial charge in [0.05, 0.1) is 17.6 Å². The van der Waals surface area contributed by atoms with Crippen LogP contribution in [0.1, 0.15) is 23.0 Å². The maximum atomic E-state index is 12.3. The number of furan rings is 1. The average Bonchev–Trinajstić information content (AvgIpc) is 3.26. The van der Waals surface area contributed by atoms with Crippen LogP contribution in [0.3, 0.4) is 0 Å². The van der Waals surface area contributed by atoms with Crippen LogP contribution in [0, 0.1) is 6.92 Å². The molecule has 1 N–H and O–H groups in total. The maximum absolute atomic E-state index is 12.3. The summed E-state index contributed by atoms with van der Waals surface area (Å²) in [6.45, 7) is 7.64. The summed E-state index contributed by atoms with van der Waals surface area (Å²) in [4.78, 5) is 23.8. The molecule has 0 unspecified atom stereocenters. The van der Waals surface area contributed by atoms with Gasteiger partial charge in [-0.3, -0.25) is 14.2 Å². The number of benzene rings is 1. The average molecular weight is 396 g/mol. The van der Waals surface area contributed by atoms with Crippen molar-refractivity contribution in [1.82, 2.24) is 14.8 Å². The molecule has 1 amide bonds. The summed E-state index contributed by atoms with van der Waals surface area (Å²) in [6.07, 6.45) is 3.35. The molecule has 0 saturated carbocycles. The van der Waals surface area contributed by atoms with Crippen molar-refractivity contribution in [3.8, 4) is 11.4 Å². The first-order chi connectivity index (χ1) is 13.5. The molecule has 3 aromatic rings. The minimum atomic E-state index is -0.195. The Bertz CT molecular complexity index is 1020. The number of aromatic nitrogens is 3. The van der Waals surface area contributed by atoms with Crippen LogP contribution < -0.4 is 5.32 Å². The quantitative estimate of drug-likeness (QED) is 0.352. The van der Waals surface area contributed by atoms with Crippen LogP contribution in [0.5, 0.6) is 0 Å². The van der Waals surface area contributed by atoms with Gasteiger partial charge in [0.2, 0.25) is 5.91 Å². The number of carbonyl (C=O) groups is 2. The Morgan fingerprint density at radius 1 is 1.32 bits per heavy atom. The van der Waals surface area contributed by atoms with Gasteiger partial charge in [0, 0.05) is 17.8 Å². The summed E-state index contributed by atoms with van der Waals surface area (Å²) in [5.74, 6) is 1.33. The van der Waals surface area contributed by atoms with Crippen molar-refractivity contribution in [3.05, 3.63) is 60.6 Å². The highest BCUT2D eigenvalue weighted by atomic mass is 32.2. The molecule has 7 nitrogen and oxygen atoms in total. The number of rotatable bonds is 8. The van der Waals surface area contributed by atoms with Crippen molar-refractivity contribution in [2.45, 2.75) is 25.5 Å². The van der Waals surface area contributed by atoms with E-state index in [0.717, 1.165) is 11.3 Å². The second kappa shape index (κ2) is 8.71. The van der Waals surface area contributed by atoms with Gasteiger partial charge in [-0.1, -0.05) is 30.0 Å². The second-order valence-electron chi connectivity index (χ2n) is 6.07. The maximum Gasteiger partial charge on any atom is 0.234 e. The zero-order valence-corrected chi connectivity index (χ0v) is 16.5. The van der Waals surface area contributed by atoms with Crippen molar-refractivity contribution in [2.24, 2.45) is 0 Å². The first-order valence-electron chi connectivity index (χ1n) is 8.61. The number of Topliss-reactive ketones (excluding diaryl/α,β-unsaturated/α-hetero) is 1. The minimum absolute atomic E-state index is 0.0509. The topological polar surface area (TPSA) is 90.0 Å². The molecule has 0 saturated heterocycles. The molecule has 3 rings (SSSR count). The van der Waals surface area contributed by atoms with E-state index in [4.69, 9.17) is 4.42 Å². The van der Waals surface area contributed by atoms with Gasteiger partial charge >= 0.3 is 0 Å². The van der Waals surface area contributed by atoms with Crippen LogP contribution in [0.25, 0.3) is 11.4 Å². The standard InChI is InChI=1S/C20H20N4O3S/c1-4-9-24-19(17-8-10-27-14(17)3)22-23-20(24)28-12-18(26)21-16-7-5-6-15(11-16)13(2)25/h4-8,10-11H,1,9,12H2,2-3H3,(H,21,26). The molecule has 144 valence electrons. The van der Waals surface area contributed by atoms with E-state index in [9.17, 15) is 9.59 Å². The highest BCUT2D eigenvalue weighted by molar-refractivity contribution is 7.99. The first-order valence-corrected chi connectivity index (χ1v) is 9.60. The monoisotopic (exact) mass is 396 g/mol. The largest absolute Gasteiger partial charge is 0.469 e. The van der Waals surface area contributed by atoms with Crippen LogP contribution in [0.15, 0.2) is 58.8 Å². The van der Waals surface area contributed by atoms with Gasteiger partial charge in [-0.25, -0.2) is 0 Å². The molecule has 0 fully saturated rings. The summed E-state index contributed by atoms with van der Waals surface area (Å²) in [5.41, 5.74) is 1.99. The number of amides is 1. The van der Waals surface area contributed by atoms with Gasteiger partial charge in [-0.05, 0) is 32.0 Å². The lowest BCUT2D eigenvalue weighted by Crippen LogP contribution is -2.15. The van der Waals surface area contributed by atoms with Gasteiger partial charge in [-0.2, -0.15) is 0 Å². The van der Waals surface area contributed by atoms with E-state index in [0.29, 0.717) is 28.8 Å². The predicted molar refractivity (Wildman–Crippen MR) is 108 cm³/mol. The molecular weight excluding hydrogens is 376 g/mol. The number of hydrogen-bond acceptors (Lipinski definition) is 6. The number of ketones is 1. The number of carbonyl (C=O) groups excluding carboxylic acids is 2. The molecule has 0 atom stereocenters. The lowest BCUT2D eigenvalue weighted by Gasteiger charge is -2.08. The molecule has 0 radical (unpaired) electrons. The third kappa shape index (κ3) is 4.40. The van der Waals surface area contributed by atoms with Gasteiger partial charge in [0.25, 0.3) is 0 Å². The van der Waals surface area contributed by atoms with Crippen LogP contribution >= 0.6 is 11.8 Å².